The van der Waals surface area contributed by atoms with E-state index >= 15 is 0 Å². The van der Waals surface area contributed by atoms with E-state index in [0.29, 0.717) is 95.8 Å². The van der Waals surface area contributed by atoms with Crippen molar-refractivity contribution in [3.63, 3.8) is 0 Å². The Labute approximate surface area is 410 Å². The third-order valence-corrected chi connectivity index (χ3v) is 11.2. The summed E-state index contributed by atoms with van der Waals surface area (Å²) >= 11 is 11.8. The van der Waals surface area contributed by atoms with Crippen LogP contribution in [0.5, 0.6) is 11.5 Å². The first-order valence-electron chi connectivity index (χ1n) is 21.9. The van der Waals surface area contributed by atoms with Crippen LogP contribution in [-0.2, 0) is 31.9 Å². The number of allylic oxidation sites excluding steroid dienone is 2. The normalized spacial score (nSPS) is 15.7. The van der Waals surface area contributed by atoms with Crippen molar-refractivity contribution in [3.8, 4) is 11.5 Å². The molecule has 6 aromatic rings. The van der Waals surface area contributed by atoms with E-state index in [4.69, 9.17) is 42.1 Å². The number of carbonyl (C=O) groups is 2. The van der Waals surface area contributed by atoms with E-state index in [0.717, 1.165) is 24.0 Å². The number of nitrogens with one attached hydrogen (secondary N) is 2. The van der Waals surface area contributed by atoms with Crippen LogP contribution in [0.25, 0.3) is 21.8 Å². The van der Waals surface area contributed by atoms with Crippen LogP contribution in [0.3, 0.4) is 0 Å². The van der Waals surface area contributed by atoms with E-state index < -0.39 is 11.6 Å². The third-order valence-electron chi connectivity index (χ3n) is 10.6. The van der Waals surface area contributed by atoms with Crippen molar-refractivity contribution in [2.45, 2.75) is 45.3 Å². The van der Waals surface area contributed by atoms with Gasteiger partial charge in [0.05, 0.1) is 47.5 Å². The highest BCUT2D eigenvalue weighted by Crippen LogP contribution is 2.34. The number of nitrogens with zero attached hydrogens (tertiary/aromatic N) is 6. The number of rotatable bonds is 18. The van der Waals surface area contributed by atoms with Gasteiger partial charge in [0.25, 0.3) is 0 Å². The first-order chi connectivity index (χ1) is 32.8. The minimum Gasteiger partial charge on any atom is -0.488 e. The lowest BCUT2D eigenvalue weighted by atomic mass is 10.0. The second-order valence-electron chi connectivity index (χ2n) is 16.7. The molecule has 0 amide bonds. The van der Waals surface area contributed by atoms with E-state index in [9.17, 15) is 18.4 Å². The molecule has 0 radical (unpaired) electrons. The molecule has 2 unspecified atom stereocenters. The molecule has 2 aliphatic rings. The molecule has 8 rings (SSSR count). The Morgan fingerprint density at radius 1 is 0.667 bits per heavy atom. The van der Waals surface area contributed by atoms with Crippen molar-refractivity contribution < 1.29 is 37.3 Å². The molecular formula is C51H56Cl2F2N8O6. The van der Waals surface area contributed by atoms with Crippen LogP contribution < -0.4 is 20.1 Å². The SMILES string of the molecule is C.CN(C)C/C=C/C(=O)Cc1cc2c(Nc3ccc([18F])c(Cl)c3)ncnc2cc1OC1CCOC1.CN(C)C/C=C/C(=O)Cc1cc2c(Nc3ccc([18F])c(Cl)c3)ncnc2cc1OC1CCOC1. The van der Waals surface area contributed by atoms with Gasteiger partial charge in [0, 0.05) is 84.2 Å². The molecule has 18 heteroatoms. The van der Waals surface area contributed by atoms with Gasteiger partial charge in [-0.3, -0.25) is 9.59 Å². The molecule has 4 heterocycles. The Morgan fingerprint density at radius 3 is 1.45 bits per heavy atom. The fourth-order valence-electron chi connectivity index (χ4n) is 7.23. The third kappa shape index (κ3) is 14.9. The molecule has 2 atom stereocenters. The maximum absolute atomic E-state index is 13.6. The van der Waals surface area contributed by atoms with Gasteiger partial charge in [0.2, 0.25) is 0 Å². The fraction of sp³-hybridized carbons (Fsp3) is 0.333. The maximum atomic E-state index is 13.6. The number of ether oxygens (including phenoxy) is 4. The van der Waals surface area contributed by atoms with Crippen LogP contribution >= 0.6 is 23.2 Å². The molecule has 0 saturated carbocycles. The predicted molar refractivity (Wildman–Crippen MR) is 268 cm³/mol. The fourth-order valence-corrected chi connectivity index (χ4v) is 7.59. The van der Waals surface area contributed by atoms with Gasteiger partial charge >= 0.3 is 0 Å². The second kappa shape index (κ2) is 24.9. The van der Waals surface area contributed by atoms with Crippen molar-refractivity contribution in [1.82, 2.24) is 29.7 Å². The van der Waals surface area contributed by atoms with E-state index in [-0.39, 0.29) is 54.1 Å². The zero-order valence-electron chi connectivity index (χ0n) is 38.1. The molecule has 14 nitrogen and oxygen atoms in total. The molecular weight excluding hydrogens is 928 g/mol. The molecule has 2 N–H and O–H groups in total. The van der Waals surface area contributed by atoms with Crippen LogP contribution in [0.15, 0.2) is 97.6 Å². The molecule has 69 heavy (non-hydrogen) atoms. The minimum atomic E-state index is -0.499. The van der Waals surface area contributed by atoms with Crippen molar-refractivity contribution in [2.75, 3.05) is 78.3 Å². The van der Waals surface area contributed by atoms with Gasteiger partial charge in [-0.1, -0.05) is 42.8 Å². The van der Waals surface area contributed by atoms with Crippen molar-refractivity contribution in [1.29, 1.82) is 0 Å². The summed E-state index contributed by atoms with van der Waals surface area (Å²) < 4.78 is 50.4. The summed E-state index contributed by atoms with van der Waals surface area (Å²) in [6.45, 7) is 3.67. The van der Waals surface area contributed by atoms with Crippen LogP contribution in [0.2, 0.25) is 10.0 Å². The highest BCUT2D eigenvalue weighted by Gasteiger charge is 2.23. The van der Waals surface area contributed by atoms with Crippen molar-refractivity contribution >= 4 is 79.6 Å². The zero-order chi connectivity index (χ0) is 48.2. The van der Waals surface area contributed by atoms with Crippen LogP contribution in [-0.4, -0.2) is 121 Å². The van der Waals surface area contributed by atoms with Crippen molar-refractivity contribution in [3.05, 3.63) is 130 Å². The Morgan fingerprint density at radius 2 is 1.09 bits per heavy atom. The molecule has 0 spiro atoms. The molecule has 0 bridgehead atoms. The second-order valence-corrected chi connectivity index (χ2v) is 17.5. The number of anilines is 4. The summed E-state index contributed by atoms with van der Waals surface area (Å²) in [5, 5.41) is 7.76. The topological polar surface area (TPSA) is 153 Å². The van der Waals surface area contributed by atoms with Crippen LogP contribution in [0, 0.1) is 11.6 Å². The Bertz CT molecular complexity index is 2610. The Balaban J connectivity index is 0.000000224. The van der Waals surface area contributed by atoms with Gasteiger partial charge in [-0.05, 0) is 88.9 Å². The average molecular weight is 984 g/mol. The molecule has 2 saturated heterocycles. The molecule has 2 aliphatic heterocycles. The number of fused-ring (bicyclic) bond motifs is 2. The van der Waals surface area contributed by atoms with E-state index in [2.05, 4.69) is 30.6 Å². The zero-order valence-corrected chi connectivity index (χ0v) is 39.6. The number of halogens is 4. The van der Waals surface area contributed by atoms with Gasteiger partial charge < -0.3 is 39.4 Å². The van der Waals surface area contributed by atoms with Gasteiger partial charge in [-0.25, -0.2) is 28.7 Å². The lowest BCUT2D eigenvalue weighted by Crippen LogP contribution is -2.17. The quantitative estimate of drug-likeness (QED) is 0.0786. The summed E-state index contributed by atoms with van der Waals surface area (Å²) in [6.07, 6.45) is 11.5. The molecule has 2 fully saturated rings. The maximum Gasteiger partial charge on any atom is 0.159 e. The van der Waals surface area contributed by atoms with Gasteiger partial charge in [0.15, 0.2) is 11.6 Å². The summed E-state index contributed by atoms with van der Waals surface area (Å²) in [6, 6.07) is 16.1. The standard InChI is InChI=1S/2C25H26ClFN4O3.CH4/c2*1-31(2)8-3-4-18(32)10-16-11-20-23(13-24(16)34-19-7-9-33-14-19)28-15-29-25(20)30-17-5-6-22(27)21(26)12-17;/h2*3-6,11-13,15,19H,7-10,14H2,1-2H3,(H,28,29,30);1H4/b2*4-3+;/i2*27-1;. The lowest BCUT2D eigenvalue weighted by molar-refractivity contribution is -0.114. The highest BCUT2D eigenvalue weighted by atomic mass is 35.5. The number of ketones is 2. The monoisotopic (exact) mass is 982 g/mol. The van der Waals surface area contributed by atoms with Gasteiger partial charge in [-0.15, -0.1) is 0 Å². The summed E-state index contributed by atoms with van der Waals surface area (Å²) in [5.74, 6) is 1.16. The highest BCUT2D eigenvalue weighted by molar-refractivity contribution is 6.31. The largest absolute Gasteiger partial charge is 0.488 e. The number of carbonyl (C=O) groups excluding carboxylic acids is 2. The van der Waals surface area contributed by atoms with Gasteiger partial charge in [-0.2, -0.15) is 0 Å². The van der Waals surface area contributed by atoms with Crippen LogP contribution in [0.1, 0.15) is 31.4 Å². The first kappa shape index (κ1) is 52.2. The predicted octanol–water partition coefficient (Wildman–Crippen LogP) is 9.76. The van der Waals surface area contributed by atoms with E-state index in [1.54, 1.807) is 24.3 Å². The number of likely N-dealkylation sites (N-methyl/N-ethyl adjacent to an activating group) is 2. The summed E-state index contributed by atoms with van der Waals surface area (Å²) in [7, 11) is 7.76. The number of hydrogen-bond acceptors (Lipinski definition) is 14. The number of benzene rings is 4. The molecule has 0 aliphatic carbocycles. The van der Waals surface area contributed by atoms with E-state index in [1.807, 2.05) is 74.4 Å². The number of hydrogen-bond donors (Lipinski definition) is 2. The Kier molecular flexibility index (Phi) is 18.9. The van der Waals surface area contributed by atoms with Crippen molar-refractivity contribution in [2.24, 2.45) is 0 Å². The van der Waals surface area contributed by atoms with E-state index in [1.165, 1.54) is 36.9 Å². The lowest BCUT2D eigenvalue weighted by Gasteiger charge is -2.17. The van der Waals surface area contributed by atoms with Gasteiger partial charge in [0.1, 0.15) is 59.6 Å². The summed E-state index contributed by atoms with van der Waals surface area (Å²) in [5.41, 5.74) is 3.93. The summed E-state index contributed by atoms with van der Waals surface area (Å²) in [4.78, 5) is 46.8. The first-order valence-corrected chi connectivity index (χ1v) is 22.7. The molecule has 2 aromatic heterocycles. The number of aromatic nitrogens is 4. The minimum absolute atomic E-state index is 0. The molecule has 4 aromatic carbocycles. The average Bonchev–Trinajstić information content (AvgIpc) is 4.02. The van der Waals surface area contributed by atoms with Crippen LogP contribution in [0.4, 0.5) is 31.8 Å². The smallest absolute Gasteiger partial charge is 0.159 e. The molecule has 364 valence electrons. The Hall–Kier alpha value is -6.14.